The molecule has 130 valence electrons. The molecule has 3 rings (SSSR count). The SMILES string of the molecule is CC(=O)c1ccc(C(=O)NC[C@@H]2CCN(C3CCCCC3)C2)cc1. The summed E-state index contributed by atoms with van der Waals surface area (Å²) in [6, 6.07) is 7.68. The summed E-state index contributed by atoms with van der Waals surface area (Å²) in [5, 5.41) is 3.06. The van der Waals surface area contributed by atoms with Crippen molar-refractivity contribution < 1.29 is 9.59 Å². The van der Waals surface area contributed by atoms with Gasteiger partial charge >= 0.3 is 0 Å². The van der Waals surface area contributed by atoms with Crippen molar-refractivity contribution in [2.24, 2.45) is 5.92 Å². The normalized spacial score (nSPS) is 22.5. The minimum Gasteiger partial charge on any atom is -0.352 e. The Bertz CT molecular complexity index is 576. The van der Waals surface area contributed by atoms with E-state index in [-0.39, 0.29) is 11.7 Å². The van der Waals surface area contributed by atoms with E-state index in [2.05, 4.69) is 10.2 Å². The van der Waals surface area contributed by atoms with E-state index in [0.29, 0.717) is 17.0 Å². The maximum absolute atomic E-state index is 12.3. The predicted molar refractivity (Wildman–Crippen MR) is 95.3 cm³/mol. The Morgan fingerprint density at radius 1 is 1.04 bits per heavy atom. The number of amides is 1. The second-order valence-corrected chi connectivity index (χ2v) is 7.29. The molecule has 1 aliphatic heterocycles. The lowest BCUT2D eigenvalue weighted by Gasteiger charge is -2.31. The van der Waals surface area contributed by atoms with Crippen molar-refractivity contribution in [1.82, 2.24) is 10.2 Å². The first-order valence-electron chi connectivity index (χ1n) is 9.27. The van der Waals surface area contributed by atoms with E-state index in [1.54, 1.807) is 24.3 Å². The standard InChI is InChI=1S/C20H28N2O2/c1-15(23)17-7-9-18(10-8-17)20(24)21-13-16-11-12-22(14-16)19-5-3-2-4-6-19/h7-10,16,19H,2-6,11-14H2,1H3,(H,21,24)/t16-/m0/s1. The average Bonchev–Trinajstić information content (AvgIpc) is 3.09. The first-order chi connectivity index (χ1) is 11.6. The van der Waals surface area contributed by atoms with E-state index >= 15 is 0 Å². The summed E-state index contributed by atoms with van der Waals surface area (Å²) in [4.78, 5) is 26.2. The fraction of sp³-hybridized carbons (Fsp3) is 0.600. The number of carbonyl (C=O) groups is 2. The summed E-state index contributed by atoms with van der Waals surface area (Å²) in [6.45, 7) is 4.58. The third kappa shape index (κ3) is 4.23. The molecule has 1 N–H and O–H groups in total. The average molecular weight is 328 g/mol. The molecule has 1 aromatic carbocycles. The fourth-order valence-corrected chi connectivity index (χ4v) is 4.00. The van der Waals surface area contributed by atoms with Crippen LogP contribution in [0.1, 0.15) is 66.2 Å². The highest BCUT2D eigenvalue weighted by Crippen LogP contribution is 2.27. The van der Waals surface area contributed by atoms with Gasteiger partial charge in [-0.15, -0.1) is 0 Å². The molecule has 0 unspecified atom stereocenters. The molecule has 2 fully saturated rings. The zero-order valence-electron chi connectivity index (χ0n) is 14.6. The van der Waals surface area contributed by atoms with Gasteiger partial charge in [-0.05, 0) is 50.8 Å². The molecule has 1 heterocycles. The van der Waals surface area contributed by atoms with E-state index in [9.17, 15) is 9.59 Å². The van der Waals surface area contributed by atoms with Gasteiger partial charge in [-0.1, -0.05) is 31.4 Å². The van der Waals surface area contributed by atoms with Crippen LogP contribution in [0.25, 0.3) is 0 Å². The Labute approximate surface area is 144 Å². The quantitative estimate of drug-likeness (QED) is 0.844. The number of nitrogens with one attached hydrogen (secondary N) is 1. The molecule has 0 aromatic heterocycles. The highest BCUT2D eigenvalue weighted by Gasteiger charge is 2.29. The molecule has 1 amide bonds. The molecular weight excluding hydrogens is 300 g/mol. The number of likely N-dealkylation sites (tertiary alicyclic amines) is 1. The van der Waals surface area contributed by atoms with Gasteiger partial charge in [0.1, 0.15) is 0 Å². The first-order valence-corrected chi connectivity index (χ1v) is 9.27. The van der Waals surface area contributed by atoms with Crippen LogP contribution in [0.15, 0.2) is 24.3 Å². The lowest BCUT2D eigenvalue weighted by molar-refractivity contribution is 0.0944. The summed E-state index contributed by atoms with van der Waals surface area (Å²) < 4.78 is 0. The number of ketones is 1. The largest absolute Gasteiger partial charge is 0.352 e. The smallest absolute Gasteiger partial charge is 0.251 e. The first kappa shape index (κ1) is 17.2. The topological polar surface area (TPSA) is 49.4 Å². The van der Waals surface area contributed by atoms with Gasteiger partial charge in [0.2, 0.25) is 0 Å². The second-order valence-electron chi connectivity index (χ2n) is 7.29. The van der Waals surface area contributed by atoms with Crippen LogP contribution in [0.5, 0.6) is 0 Å². The molecule has 24 heavy (non-hydrogen) atoms. The summed E-state index contributed by atoms with van der Waals surface area (Å²) in [5.41, 5.74) is 1.27. The summed E-state index contributed by atoms with van der Waals surface area (Å²) in [5.74, 6) is 0.546. The molecule has 0 bridgehead atoms. The monoisotopic (exact) mass is 328 g/mol. The molecule has 0 spiro atoms. The molecule has 4 heteroatoms. The van der Waals surface area contributed by atoms with Crippen LogP contribution in [-0.4, -0.2) is 42.3 Å². The molecule has 1 saturated heterocycles. The molecule has 1 aromatic rings. The van der Waals surface area contributed by atoms with Crippen molar-refractivity contribution >= 4 is 11.7 Å². The molecular formula is C20H28N2O2. The molecule has 1 saturated carbocycles. The maximum atomic E-state index is 12.3. The Balaban J connectivity index is 1.45. The van der Waals surface area contributed by atoms with Gasteiger partial charge in [0.25, 0.3) is 5.91 Å². The Hall–Kier alpha value is -1.68. The van der Waals surface area contributed by atoms with Crippen LogP contribution in [0, 0.1) is 5.92 Å². The number of carbonyl (C=O) groups excluding carboxylic acids is 2. The predicted octanol–water partition coefficient (Wildman–Crippen LogP) is 3.27. The summed E-state index contributed by atoms with van der Waals surface area (Å²) >= 11 is 0. The van der Waals surface area contributed by atoms with Crippen molar-refractivity contribution in [3.05, 3.63) is 35.4 Å². The van der Waals surface area contributed by atoms with Crippen molar-refractivity contribution in [3.8, 4) is 0 Å². The highest BCUT2D eigenvalue weighted by molar-refractivity contribution is 5.97. The van der Waals surface area contributed by atoms with Gasteiger partial charge in [-0.3, -0.25) is 9.59 Å². The van der Waals surface area contributed by atoms with Gasteiger partial charge in [-0.25, -0.2) is 0 Å². The Morgan fingerprint density at radius 3 is 2.38 bits per heavy atom. The minimum absolute atomic E-state index is 0.0238. The zero-order valence-corrected chi connectivity index (χ0v) is 14.6. The molecule has 1 atom stereocenters. The third-order valence-corrected chi connectivity index (χ3v) is 5.51. The number of benzene rings is 1. The van der Waals surface area contributed by atoms with Crippen LogP contribution in [0.3, 0.4) is 0 Å². The summed E-state index contributed by atoms with van der Waals surface area (Å²) in [6.07, 6.45) is 8.02. The van der Waals surface area contributed by atoms with E-state index < -0.39 is 0 Å². The number of Topliss-reactive ketones (excluding diaryl/α,β-unsaturated/α-hetero) is 1. The van der Waals surface area contributed by atoms with Gasteiger partial charge in [0.05, 0.1) is 0 Å². The minimum atomic E-state index is -0.0405. The number of rotatable bonds is 5. The zero-order chi connectivity index (χ0) is 16.9. The van der Waals surface area contributed by atoms with Gasteiger partial charge in [-0.2, -0.15) is 0 Å². The van der Waals surface area contributed by atoms with Crippen molar-refractivity contribution in [2.45, 2.75) is 51.5 Å². The molecule has 1 aliphatic carbocycles. The molecule has 0 radical (unpaired) electrons. The fourth-order valence-electron chi connectivity index (χ4n) is 4.00. The lowest BCUT2D eigenvalue weighted by atomic mass is 9.94. The lowest BCUT2D eigenvalue weighted by Crippen LogP contribution is -2.36. The highest BCUT2D eigenvalue weighted by atomic mass is 16.1. The second kappa shape index (κ2) is 7.93. The van der Waals surface area contributed by atoms with Gasteiger partial charge in [0.15, 0.2) is 5.78 Å². The Morgan fingerprint density at radius 2 is 1.71 bits per heavy atom. The number of hydrogen-bond donors (Lipinski definition) is 1. The van der Waals surface area contributed by atoms with Crippen LogP contribution < -0.4 is 5.32 Å². The van der Waals surface area contributed by atoms with Crippen LogP contribution >= 0.6 is 0 Å². The Kier molecular flexibility index (Phi) is 5.67. The number of nitrogens with zero attached hydrogens (tertiary/aromatic N) is 1. The van der Waals surface area contributed by atoms with E-state index in [1.165, 1.54) is 52.0 Å². The molecule has 2 aliphatic rings. The maximum Gasteiger partial charge on any atom is 0.251 e. The third-order valence-electron chi connectivity index (χ3n) is 5.51. The summed E-state index contributed by atoms with van der Waals surface area (Å²) in [7, 11) is 0. The molecule has 4 nitrogen and oxygen atoms in total. The van der Waals surface area contributed by atoms with E-state index in [0.717, 1.165) is 19.1 Å². The van der Waals surface area contributed by atoms with Crippen LogP contribution in [0.4, 0.5) is 0 Å². The van der Waals surface area contributed by atoms with Crippen molar-refractivity contribution in [1.29, 1.82) is 0 Å². The van der Waals surface area contributed by atoms with Crippen molar-refractivity contribution in [3.63, 3.8) is 0 Å². The van der Waals surface area contributed by atoms with Gasteiger partial charge < -0.3 is 10.2 Å². The number of hydrogen-bond acceptors (Lipinski definition) is 3. The van der Waals surface area contributed by atoms with E-state index in [1.807, 2.05) is 0 Å². The van der Waals surface area contributed by atoms with Crippen LogP contribution in [0.2, 0.25) is 0 Å². The van der Waals surface area contributed by atoms with E-state index in [4.69, 9.17) is 0 Å². The van der Waals surface area contributed by atoms with Crippen molar-refractivity contribution in [2.75, 3.05) is 19.6 Å². The van der Waals surface area contributed by atoms with Gasteiger partial charge in [0, 0.05) is 30.3 Å². The van der Waals surface area contributed by atoms with Crippen LogP contribution in [-0.2, 0) is 0 Å².